The average Bonchev–Trinajstić information content (AvgIpc) is 2.37. The molecule has 20 heavy (non-hydrogen) atoms. The third-order valence-corrected chi connectivity index (χ3v) is 3.09. The molecule has 114 valence electrons. The molecule has 0 spiro atoms. The van der Waals surface area contributed by atoms with Crippen molar-refractivity contribution >= 4 is 17.9 Å². The first-order valence-corrected chi connectivity index (χ1v) is 6.36. The Balaban J connectivity index is 2.19. The number of aliphatic carboxylic acids is 1. The van der Waals surface area contributed by atoms with Crippen LogP contribution in [0.3, 0.4) is 0 Å². The highest BCUT2D eigenvalue weighted by atomic mass is 16.5. The topological polar surface area (TPSA) is 114 Å². The summed E-state index contributed by atoms with van der Waals surface area (Å²) in [6.45, 7) is 2.79. The summed E-state index contributed by atoms with van der Waals surface area (Å²) < 4.78 is 9.82. The highest BCUT2D eigenvalue weighted by Crippen LogP contribution is 2.28. The summed E-state index contributed by atoms with van der Waals surface area (Å²) in [5, 5.41) is 13.0. The minimum atomic E-state index is -1.17. The summed E-state index contributed by atoms with van der Waals surface area (Å²) in [7, 11) is 0. The second-order valence-corrected chi connectivity index (χ2v) is 5.04. The van der Waals surface area contributed by atoms with Crippen molar-refractivity contribution in [3.05, 3.63) is 0 Å². The van der Waals surface area contributed by atoms with Crippen LogP contribution >= 0.6 is 0 Å². The van der Waals surface area contributed by atoms with Crippen molar-refractivity contribution in [2.45, 2.75) is 19.8 Å². The maximum Gasteiger partial charge on any atom is 0.329 e. The van der Waals surface area contributed by atoms with Crippen LogP contribution in [0.1, 0.15) is 19.8 Å². The van der Waals surface area contributed by atoms with Crippen LogP contribution in [0, 0.1) is 5.41 Å². The zero-order valence-electron chi connectivity index (χ0n) is 11.4. The molecule has 3 N–H and O–H groups in total. The molecule has 0 unspecified atom stereocenters. The maximum atomic E-state index is 11.5. The number of nitrogens with one attached hydrogen (secondary N) is 2. The van der Waals surface area contributed by atoms with Gasteiger partial charge in [0.05, 0.1) is 0 Å². The van der Waals surface area contributed by atoms with Crippen LogP contribution in [0.25, 0.3) is 0 Å². The van der Waals surface area contributed by atoms with Gasteiger partial charge in [0.2, 0.25) is 0 Å². The Kier molecular flexibility index (Phi) is 6.40. The van der Waals surface area contributed by atoms with Crippen LogP contribution in [0.2, 0.25) is 0 Å². The van der Waals surface area contributed by atoms with Gasteiger partial charge in [0.25, 0.3) is 5.91 Å². The van der Waals surface area contributed by atoms with Crippen molar-refractivity contribution < 1.29 is 29.0 Å². The quantitative estimate of drug-likeness (QED) is 0.620. The van der Waals surface area contributed by atoms with Crippen LogP contribution in [0.5, 0.6) is 0 Å². The van der Waals surface area contributed by atoms with Crippen molar-refractivity contribution in [3.8, 4) is 0 Å². The molecule has 8 nitrogen and oxygen atoms in total. The predicted molar refractivity (Wildman–Crippen MR) is 68.2 cm³/mol. The Morgan fingerprint density at radius 1 is 1.25 bits per heavy atom. The van der Waals surface area contributed by atoms with E-state index in [1.54, 1.807) is 0 Å². The molecule has 8 heteroatoms. The van der Waals surface area contributed by atoms with Gasteiger partial charge in [-0.05, 0) is 18.3 Å². The molecule has 0 saturated carbocycles. The molecule has 0 aromatic heterocycles. The van der Waals surface area contributed by atoms with Gasteiger partial charge in [0.1, 0.15) is 13.2 Å². The average molecular weight is 288 g/mol. The molecule has 1 rings (SSSR count). The number of ether oxygens (including phenoxy) is 2. The number of carboxylic acid groups (broad SMARTS) is 1. The fourth-order valence-electron chi connectivity index (χ4n) is 1.77. The van der Waals surface area contributed by atoms with Crippen molar-refractivity contribution in [2.24, 2.45) is 5.41 Å². The summed E-state index contributed by atoms with van der Waals surface area (Å²) in [5.41, 5.74) is -0.0293. The van der Waals surface area contributed by atoms with Gasteiger partial charge in [-0.15, -0.1) is 0 Å². The van der Waals surface area contributed by atoms with Gasteiger partial charge in [-0.2, -0.15) is 0 Å². The number of imide groups is 1. The molecule has 0 radical (unpaired) electrons. The molecule has 0 aromatic carbocycles. The van der Waals surface area contributed by atoms with Gasteiger partial charge >= 0.3 is 12.0 Å². The Labute approximate surface area is 116 Å². The molecule has 1 heterocycles. The zero-order valence-corrected chi connectivity index (χ0v) is 11.4. The van der Waals surface area contributed by atoms with Gasteiger partial charge < -0.3 is 19.9 Å². The Morgan fingerprint density at radius 3 is 2.50 bits per heavy atom. The number of carboxylic acids is 1. The summed E-state index contributed by atoms with van der Waals surface area (Å²) in [4.78, 5) is 32.9. The zero-order chi connectivity index (χ0) is 15.0. The lowest BCUT2D eigenvalue weighted by molar-refractivity contribution is -0.143. The second kappa shape index (κ2) is 7.81. The number of hydrogen-bond donors (Lipinski definition) is 3. The molecule has 1 fully saturated rings. The lowest BCUT2D eigenvalue weighted by Crippen LogP contribution is -2.46. The van der Waals surface area contributed by atoms with E-state index in [1.807, 2.05) is 6.92 Å². The minimum Gasteiger partial charge on any atom is -0.480 e. The second-order valence-electron chi connectivity index (χ2n) is 5.04. The summed E-state index contributed by atoms with van der Waals surface area (Å²) >= 11 is 0. The number of hydrogen-bond acceptors (Lipinski definition) is 5. The maximum absolute atomic E-state index is 11.5. The number of rotatable bonds is 6. The Bertz CT molecular complexity index is 365. The normalized spacial score (nSPS) is 17.2. The van der Waals surface area contributed by atoms with E-state index in [1.165, 1.54) is 0 Å². The van der Waals surface area contributed by atoms with Crippen LogP contribution in [-0.2, 0) is 19.1 Å². The molecule has 3 amide bonds. The summed E-state index contributed by atoms with van der Waals surface area (Å²) in [6.07, 6.45) is 1.70. The third kappa shape index (κ3) is 6.48. The van der Waals surface area contributed by atoms with E-state index < -0.39 is 31.1 Å². The van der Waals surface area contributed by atoms with E-state index in [2.05, 4.69) is 15.4 Å². The van der Waals surface area contributed by atoms with Crippen molar-refractivity contribution in [1.29, 1.82) is 0 Å². The first kappa shape index (κ1) is 16.4. The number of carbonyl (C=O) groups is 3. The highest BCUT2D eigenvalue weighted by Gasteiger charge is 2.27. The van der Waals surface area contributed by atoms with Gasteiger partial charge in [-0.3, -0.25) is 10.1 Å². The van der Waals surface area contributed by atoms with Crippen LogP contribution in [-0.4, -0.2) is 56.0 Å². The summed E-state index contributed by atoms with van der Waals surface area (Å²) in [6, 6.07) is -0.610. The van der Waals surface area contributed by atoms with Gasteiger partial charge in [0.15, 0.2) is 0 Å². The van der Waals surface area contributed by atoms with Crippen LogP contribution in [0.15, 0.2) is 0 Å². The lowest BCUT2D eigenvalue weighted by atomic mass is 9.82. The largest absolute Gasteiger partial charge is 0.480 e. The van der Waals surface area contributed by atoms with E-state index in [9.17, 15) is 14.4 Å². The first-order valence-electron chi connectivity index (χ1n) is 6.36. The van der Waals surface area contributed by atoms with Crippen molar-refractivity contribution in [1.82, 2.24) is 10.6 Å². The van der Waals surface area contributed by atoms with Gasteiger partial charge in [0, 0.05) is 19.8 Å². The molecule has 0 aromatic rings. The number of carbonyl (C=O) groups excluding carboxylic acids is 2. The molecular formula is C12H20N2O6. The van der Waals surface area contributed by atoms with E-state index in [4.69, 9.17) is 9.84 Å². The fourth-order valence-corrected chi connectivity index (χ4v) is 1.77. The Morgan fingerprint density at radius 2 is 1.90 bits per heavy atom. The molecule has 1 aliphatic heterocycles. The van der Waals surface area contributed by atoms with E-state index >= 15 is 0 Å². The van der Waals surface area contributed by atoms with Crippen molar-refractivity contribution in [3.63, 3.8) is 0 Å². The minimum absolute atomic E-state index is 0.0293. The molecule has 0 atom stereocenters. The molecule has 1 saturated heterocycles. The van der Waals surface area contributed by atoms with Crippen LogP contribution in [0.4, 0.5) is 4.79 Å². The monoisotopic (exact) mass is 288 g/mol. The molecule has 1 aliphatic rings. The third-order valence-electron chi connectivity index (χ3n) is 3.09. The molecule has 0 bridgehead atoms. The standard InChI is InChI=1S/C12H20N2O6/c1-12(2-4-19-5-3-12)8-13-11(18)14-9(15)6-20-7-10(16)17/h2-8H2,1H3,(H,16,17)(H2,13,14,15,18). The van der Waals surface area contributed by atoms with Crippen molar-refractivity contribution in [2.75, 3.05) is 33.0 Å². The first-order chi connectivity index (χ1) is 9.41. The Hall–Kier alpha value is -1.67. The van der Waals surface area contributed by atoms with E-state index in [0.717, 1.165) is 12.8 Å². The number of urea groups is 1. The smallest absolute Gasteiger partial charge is 0.329 e. The van der Waals surface area contributed by atoms with Gasteiger partial charge in [-0.25, -0.2) is 9.59 Å². The predicted octanol–water partition coefficient (Wildman–Crippen LogP) is -0.270. The lowest BCUT2D eigenvalue weighted by Gasteiger charge is -2.33. The SMILES string of the molecule is CC1(CNC(=O)NC(=O)COCC(=O)O)CCOCC1. The van der Waals surface area contributed by atoms with Crippen LogP contribution < -0.4 is 10.6 Å². The number of amides is 3. The summed E-state index contributed by atoms with van der Waals surface area (Å²) in [5.74, 6) is -1.85. The van der Waals surface area contributed by atoms with E-state index in [0.29, 0.717) is 19.8 Å². The fraction of sp³-hybridized carbons (Fsp3) is 0.750. The molecular weight excluding hydrogens is 268 g/mol. The van der Waals surface area contributed by atoms with E-state index in [-0.39, 0.29) is 5.41 Å². The highest BCUT2D eigenvalue weighted by molar-refractivity contribution is 5.94. The van der Waals surface area contributed by atoms with Gasteiger partial charge in [-0.1, -0.05) is 6.92 Å². The molecule has 0 aliphatic carbocycles.